The van der Waals surface area contributed by atoms with Gasteiger partial charge in [0, 0.05) is 9.77 Å². The van der Waals surface area contributed by atoms with Crippen LogP contribution in [0.1, 0.15) is 22.1 Å². The number of amides is 1. The van der Waals surface area contributed by atoms with Gasteiger partial charge in [-0.05, 0) is 59.0 Å². The van der Waals surface area contributed by atoms with E-state index in [0.717, 1.165) is 12.1 Å². The number of halogens is 4. The van der Waals surface area contributed by atoms with E-state index in [1.165, 1.54) is 29.3 Å². The number of nitrogens with two attached hydrogens (primary N) is 1. The second-order valence-corrected chi connectivity index (χ2v) is 8.09. The standard InChI is InChI=1S/C20H15F3IN5O2/c21-11-3-2-10(17(16(11)23)27-13-4-1-9(24)7-12(13)22)19(31)29-8-15(30)18(29)14-5-6-26-20(25)28-14/h1-7,15,18,27,30H,8H2,(H2,25,26,28). The van der Waals surface area contributed by atoms with Crippen molar-refractivity contribution in [3.63, 3.8) is 0 Å². The Hall–Kier alpha value is -2.93. The highest BCUT2D eigenvalue weighted by Gasteiger charge is 2.44. The van der Waals surface area contributed by atoms with Gasteiger partial charge in [-0.25, -0.2) is 23.1 Å². The molecule has 4 N–H and O–H groups in total. The number of aromatic nitrogens is 2. The molecule has 2 atom stereocenters. The van der Waals surface area contributed by atoms with E-state index in [0.29, 0.717) is 9.26 Å². The molecule has 160 valence electrons. The maximum absolute atomic E-state index is 14.6. The molecule has 0 saturated carbocycles. The average Bonchev–Trinajstić information content (AvgIpc) is 2.71. The number of β-amino-alcohol motifs (C(OH)–C–C–N with tert-alkyl or cyclic N) is 1. The lowest BCUT2D eigenvalue weighted by Crippen LogP contribution is -2.56. The molecule has 1 saturated heterocycles. The van der Waals surface area contributed by atoms with E-state index >= 15 is 0 Å². The number of aliphatic hydroxyl groups excluding tert-OH is 1. The number of nitrogen functional groups attached to an aromatic ring is 1. The van der Waals surface area contributed by atoms with Gasteiger partial charge >= 0.3 is 0 Å². The normalized spacial score (nSPS) is 17.9. The van der Waals surface area contributed by atoms with Crippen molar-refractivity contribution in [3.05, 3.63) is 74.9 Å². The van der Waals surface area contributed by atoms with Crippen molar-refractivity contribution in [2.75, 3.05) is 17.6 Å². The largest absolute Gasteiger partial charge is 0.389 e. The first-order valence-electron chi connectivity index (χ1n) is 9.03. The van der Waals surface area contributed by atoms with Crippen LogP contribution < -0.4 is 11.1 Å². The number of benzene rings is 2. The molecule has 11 heteroatoms. The molecule has 0 aliphatic carbocycles. The maximum Gasteiger partial charge on any atom is 0.256 e. The number of hydrogen-bond donors (Lipinski definition) is 3. The van der Waals surface area contributed by atoms with E-state index < -0.39 is 41.2 Å². The lowest BCUT2D eigenvalue weighted by atomic mass is 9.94. The summed E-state index contributed by atoms with van der Waals surface area (Å²) >= 11 is 1.91. The van der Waals surface area contributed by atoms with Gasteiger partial charge in [-0.2, -0.15) is 0 Å². The van der Waals surface area contributed by atoms with Gasteiger partial charge in [0.05, 0.1) is 35.3 Å². The highest BCUT2D eigenvalue weighted by Crippen LogP contribution is 2.37. The SMILES string of the molecule is Nc1nccc(C2C(O)CN2C(=O)c2ccc(F)c(F)c2Nc2ccc(I)cc2F)n1. The first-order chi connectivity index (χ1) is 14.8. The number of carbonyl (C=O) groups is 1. The lowest BCUT2D eigenvalue weighted by molar-refractivity contribution is -0.0469. The molecule has 2 unspecified atom stereocenters. The highest BCUT2D eigenvalue weighted by molar-refractivity contribution is 14.1. The van der Waals surface area contributed by atoms with Crippen LogP contribution in [0.4, 0.5) is 30.5 Å². The maximum atomic E-state index is 14.6. The van der Waals surface area contributed by atoms with Crippen molar-refractivity contribution in [2.45, 2.75) is 12.1 Å². The van der Waals surface area contributed by atoms with Gasteiger partial charge in [-0.15, -0.1) is 0 Å². The van der Waals surface area contributed by atoms with Gasteiger partial charge in [0.15, 0.2) is 11.6 Å². The molecule has 3 aromatic rings. The van der Waals surface area contributed by atoms with Crippen LogP contribution in [0.5, 0.6) is 0 Å². The van der Waals surface area contributed by atoms with Gasteiger partial charge in [0.2, 0.25) is 5.95 Å². The van der Waals surface area contributed by atoms with Crippen molar-refractivity contribution < 1.29 is 23.1 Å². The van der Waals surface area contributed by atoms with Crippen molar-refractivity contribution in [1.82, 2.24) is 14.9 Å². The minimum atomic E-state index is -1.33. The summed E-state index contributed by atoms with van der Waals surface area (Å²) in [4.78, 5) is 22.2. The van der Waals surface area contributed by atoms with E-state index in [1.807, 2.05) is 22.6 Å². The van der Waals surface area contributed by atoms with Crippen molar-refractivity contribution >= 4 is 45.8 Å². The van der Waals surface area contributed by atoms with E-state index in [4.69, 9.17) is 5.73 Å². The summed E-state index contributed by atoms with van der Waals surface area (Å²) in [5, 5.41) is 12.7. The Morgan fingerprint density at radius 2 is 1.97 bits per heavy atom. The molecule has 0 radical (unpaired) electrons. The molecule has 0 spiro atoms. The fourth-order valence-electron chi connectivity index (χ4n) is 3.34. The number of anilines is 3. The van der Waals surface area contributed by atoms with Crippen molar-refractivity contribution in [2.24, 2.45) is 0 Å². The highest BCUT2D eigenvalue weighted by atomic mass is 127. The number of aliphatic hydroxyl groups is 1. The first kappa shape index (κ1) is 21.3. The Kier molecular flexibility index (Phi) is 5.71. The fraction of sp³-hybridized carbons (Fsp3) is 0.150. The molecule has 1 aliphatic heterocycles. The Balaban J connectivity index is 1.71. The van der Waals surface area contributed by atoms with Gasteiger partial charge in [0.25, 0.3) is 5.91 Å². The minimum absolute atomic E-state index is 0.0339. The predicted octanol–water partition coefficient (Wildman–Crippen LogP) is 3.38. The third kappa shape index (κ3) is 4.02. The van der Waals surface area contributed by atoms with Crippen molar-refractivity contribution in [3.8, 4) is 0 Å². The van der Waals surface area contributed by atoms with Gasteiger partial charge in [-0.3, -0.25) is 4.79 Å². The number of rotatable bonds is 4. The molecule has 1 fully saturated rings. The van der Waals surface area contributed by atoms with Crippen LogP contribution in [0.25, 0.3) is 0 Å². The number of carbonyl (C=O) groups excluding carboxylic acids is 1. The summed E-state index contributed by atoms with van der Waals surface area (Å²) in [6.45, 7) is -0.0518. The quantitative estimate of drug-likeness (QED) is 0.438. The predicted molar refractivity (Wildman–Crippen MR) is 115 cm³/mol. The van der Waals surface area contributed by atoms with Gasteiger partial charge in [0.1, 0.15) is 11.9 Å². The third-order valence-electron chi connectivity index (χ3n) is 4.86. The molecule has 1 aromatic heterocycles. The minimum Gasteiger partial charge on any atom is -0.389 e. The summed E-state index contributed by atoms with van der Waals surface area (Å²) in [6.07, 6.45) is 0.462. The molecule has 1 aliphatic rings. The zero-order valence-electron chi connectivity index (χ0n) is 15.7. The van der Waals surface area contributed by atoms with Gasteiger partial charge in [-0.1, -0.05) is 0 Å². The molecule has 7 nitrogen and oxygen atoms in total. The van der Waals surface area contributed by atoms with E-state index in [9.17, 15) is 23.1 Å². The number of hydrogen-bond acceptors (Lipinski definition) is 6. The summed E-state index contributed by atoms with van der Waals surface area (Å²) in [5.41, 5.74) is 5.03. The summed E-state index contributed by atoms with van der Waals surface area (Å²) in [6, 6.07) is 6.71. The molecule has 2 aromatic carbocycles. The van der Waals surface area contributed by atoms with Gasteiger partial charge < -0.3 is 21.1 Å². The average molecular weight is 541 g/mol. The Morgan fingerprint density at radius 3 is 2.65 bits per heavy atom. The summed E-state index contributed by atoms with van der Waals surface area (Å²) in [7, 11) is 0. The zero-order chi connectivity index (χ0) is 22.3. The summed E-state index contributed by atoms with van der Waals surface area (Å²) in [5.74, 6) is -3.95. The van der Waals surface area contributed by atoms with E-state index in [2.05, 4.69) is 15.3 Å². The Morgan fingerprint density at radius 1 is 1.19 bits per heavy atom. The molecule has 31 heavy (non-hydrogen) atoms. The monoisotopic (exact) mass is 541 g/mol. The fourth-order valence-corrected chi connectivity index (χ4v) is 3.79. The van der Waals surface area contributed by atoms with E-state index in [1.54, 1.807) is 6.07 Å². The summed E-state index contributed by atoms with van der Waals surface area (Å²) < 4.78 is 43.4. The van der Waals surface area contributed by atoms with Crippen LogP contribution in [-0.4, -0.2) is 38.5 Å². The molecule has 1 amide bonds. The Labute approximate surface area is 188 Å². The molecule has 2 heterocycles. The first-order valence-corrected chi connectivity index (χ1v) is 10.1. The number of nitrogens with zero attached hydrogens (tertiary/aromatic N) is 3. The second kappa shape index (κ2) is 8.30. The van der Waals surface area contributed by atoms with Crippen LogP contribution in [0.2, 0.25) is 0 Å². The number of nitrogens with one attached hydrogen (secondary N) is 1. The zero-order valence-corrected chi connectivity index (χ0v) is 17.8. The van der Waals surface area contributed by atoms with Crippen LogP contribution >= 0.6 is 22.6 Å². The van der Waals surface area contributed by atoms with Crippen LogP contribution in [-0.2, 0) is 0 Å². The smallest absolute Gasteiger partial charge is 0.256 e. The second-order valence-electron chi connectivity index (χ2n) is 6.84. The van der Waals surface area contributed by atoms with Crippen LogP contribution in [0.3, 0.4) is 0 Å². The third-order valence-corrected chi connectivity index (χ3v) is 5.53. The molecular weight excluding hydrogens is 526 g/mol. The molecule has 0 bridgehead atoms. The topological polar surface area (TPSA) is 104 Å². The Bertz CT molecular complexity index is 1180. The van der Waals surface area contributed by atoms with Crippen LogP contribution in [0.15, 0.2) is 42.6 Å². The lowest BCUT2D eigenvalue weighted by Gasteiger charge is -2.45. The van der Waals surface area contributed by atoms with E-state index in [-0.39, 0.29) is 23.7 Å². The van der Waals surface area contributed by atoms with Crippen LogP contribution in [0, 0.1) is 21.0 Å². The van der Waals surface area contributed by atoms with Crippen molar-refractivity contribution in [1.29, 1.82) is 0 Å². The number of likely N-dealkylation sites (tertiary alicyclic amines) is 1. The molecule has 4 rings (SSSR count). The molecular formula is C20H15F3IN5O2.